The fourth-order valence-corrected chi connectivity index (χ4v) is 3.32. The van der Waals surface area contributed by atoms with Gasteiger partial charge in [0.05, 0.1) is 5.69 Å². The van der Waals surface area contributed by atoms with Crippen LogP contribution in [0.15, 0.2) is 52.8 Å². The third-order valence-corrected chi connectivity index (χ3v) is 4.65. The van der Waals surface area contributed by atoms with Crippen molar-refractivity contribution in [2.75, 3.05) is 10.6 Å². The van der Waals surface area contributed by atoms with Gasteiger partial charge in [-0.3, -0.25) is 14.4 Å². The van der Waals surface area contributed by atoms with Gasteiger partial charge in [0.2, 0.25) is 11.8 Å². The SMILES string of the molecule is CC(=O)Nc1ccc(-c2csc(NC(=O)Cn3cccc(C(F)(F)F)c3=O)n2)cc1. The van der Waals surface area contributed by atoms with Crippen molar-refractivity contribution >= 4 is 34.0 Å². The quantitative estimate of drug-likeness (QED) is 0.639. The van der Waals surface area contributed by atoms with Crippen molar-refractivity contribution in [3.05, 3.63) is 63.9 Å². The standard InChI is InChI=1S/C19H15F3N4O3S/c1-11(27)23-13-6-4-12(5-7-13)15-10-30-18(24-15)25-16(28)9-26-8-2-3-14(17(26)29)19(20,21)22/h2-8,10H,9H2,1H3,(H,23,27)(H,24,25,28). The first-order valence-corrected chi connectivity index (χ1v) is 9.41. The summed E-state index contributed by atoms with van der Waals surface area (Å²) in [6.45, 7) is 0.819. The van der Waals surface area contributed by atoms with Gasteiger partial charge in [0.1, 0.15) is 12.1 Å². The minimum Gasteiger partial charge on any atom is -0.326 e. The Labute approximate surface area is 172 Å². The van der Waals surface area contributed by atoms with Crippen LogP contribution in [0.5, 0.6) is 0 Å². The molecule has 3 aromatic rings. The Morgan fingerprint density at radius 1 is 1.13 bits per heavy atom. The zero-order valence-corrected chi connectivity index (χ0v) is 16.3. The second kappa shape index (κ2) is 8.49. The number of hydrogen-bond donors (Lipinski definition) is 2. The second-order valence-corrected chi connectivity index (χ2v) is 7.06. The average Bonchev–Trinajstić information content (AvgIpc) is 3.11. The van der Waals surface area contributed by atoms with E-state index in [0.717, 1.165) is 29.2 Å². The van der Waals surface area contributed by atoms with E-state index in [9.17, 15) is 27.6 Å². The van der Waals surface area contributed by atoms with Gasteiger partial charge in [-0.25, -0.2) is 4.98 Å². The average molecular weight is 436 g/mol. The molecule has 0 aliphatic heterocycles. The first-order chi connectivity index (χ1) is 14.1. The summed E-state index contributed by atoms with van der Waals surface area (Å²) in [6.07, 6.45) is -3.68. The molecule has 0 atom stereocenters. The number of rotatable bonds is 5. The van der Waals surface area contributed by atoms with Crippen LogP contribution < -0.4 is 16.2 Å². The van der Waals surface area contributed by atoms with Crippen molar-refractivity contribution in [3.63, 3.8) is 0 Å². The maximum absolute atomic E-state index is 12.8. The van der Waals surface area contributed by atoms with Crippen LogP contribution in [0, 0.1) is 0 Å². The first-order valence-electron chi connectivity index (χ1n) is 8.53. The number of anilines is 2. The molecule has 11 heteroatoms. The molecule has 0 fully saturated rings. The zero-order chi connectivity index (χ0) is 21.9. The maximum atomic E-state index is 12.8. The summed E-state index contributed by atoms with van der Waals surface area (Å²) >= 11 is 1.13. The highest BCUT2D eigenvalue weighted by molar-refractivity contribution is 7.14. The Morgan fingerprint density at radius 3 is 2.47 bits per heavy atom. The van der Waals surface area contributed by atoms with E-state index in [0.29, 0.717) is 22.0 Å². The normalized spacial score (nSPS) is 11.2. The molecule has 30 heavy (non-hydrogen) atoms. The largest absolute Gasteiger partial charge is 0.421 e. The molecule has 2 amide bonds. The van der Waals surface area contributed by atoms with Crippen LogP contribution in [0.2, 0.25) is 0 Å². The van der Waals surface area contributed by atoms with E-state index < -0.39 is 29.8 Å². The molecule has 2 N–H and O–H groups in total. The molecule has 0 unspecified atom stereocenters. The molecule has 0 bridgehead atoms. The van der Waals surface area contributed by atoms with Gasteiger partial charge >= 0.3 is 6.18 Å². The topological polar surface area (TPSA) is 93.1 Å². The molecule has 0 saturated heterocycles. The molecule has 7 nitrogen and oxygen atoms in total. The minimum absolute atomic E-state index is 0.193. The molecule has 1 aromatic carbocycles. The molecule has 2 heterocycles. The van der Waals surface area contributed by atoms with E-state index in [1.165, 1.54) is 6.92 Å². The summed E-state index contributed by atoms with van der Waals surface area (Å²) in [5, 5.41) is 7.05. The van der Waals surface area contributed by atoms with Gasteiger partial charge in [0.25, 0.3) is 5.56 Å². The summed E-state index contributed by atoms with van der Waals surface area (Å²) < 4.78 is 39.2. The van der Waals surface area contributed by atoms with Crippen molar-refractivity contribution in [2.24, 2.45) is 0 Å². The zero-order valence-electron chi connectivity index (χ0n) is 15.5. The fourth-order valence-electron chi connectivity index (χ4n) is 2.58. The van der Waals surface area contributed by atoms with Crippen LogP contribution in [-0.2, 0) is 22.3 Å². The van der Waals surface area contributed by atoms with Crippen LogP contribution in [-0.4, -0.2) is 21.4 Å². The monoisotopic (exact) mass is 436 g/mol. The highest BCUT2D eigenvalue weighted by Crippen LogP contribution is 2.27. The maximum Gasteiger partial charge on any atom is 0.421 e. The number of halogens is 3. The Hall–Kier alpha value is -3.47. The number of amides is 2. The Balaban J connectivity index is 1.69. The predicted molar refractivity (Wildman–Crippen MR) is 106 cm³/mol. The molecule has 0 saturated carbocycles. The smallest absolute Gasteiger partial charge is 0.326 e. The Kier molecular flexibility index (Phi) is 6.01. The molecule has 0 aliphatic rings. The highest BCUT2D eigenvalue weighted by Gasteiger charge is 2.34. The van der Waals surface area contributed by atoms with Gasteiger partial charge in [0, 0.05) is 29.8 Å². The predicted octanol–water partition coefficient (Wildman–Crippen LogP) is 3.59. The molecule has 156 valence electrons. The number of nitrogens with one attached hydrogen (secondary N) is 2. The van der Waals surface area contributed by atoms with Crippen molar-refractivity contribution in [2.45, 2.75) is 19.6 Å². The lowest BCUT2D eigenvalue weighted by Gasteiger charge is -2.09. The Morgan fingerprint density at radius 2 is 1.83 bits per heavy atom. The summed E-state index contributed by atoms with van der Waals surface area (Å²) in [7, 11) is 0. The number of hydrogen-bond acceptors (Lipinski definition) is 5. The van der Waals surface area contributed by atoms with Gasteiger partial charge in [-0.15, -0.1) is 11.3 Å². The molecular formula is C19H15F3N4O3S. The summed E-state index contributed by atoms with van der Waals surface area (Å²) in [4.78, 5) is 39.4. The third kappa shape index (κ3) is 5.11. The summed E-state index contributed by atoms with van der Waals surface area (Å²) in [5.74, 6) is -0.875. The number of benzene rings is 1. The van der Waals surface area contributed by atoms with E-state index >= 15 is 0 Å². The lowest BCUT2D eigenvalue weighted by Crippen LogP contribution is -2.31. The number of aromatic nitrogens is 2. The van der Waals surface area contributed by atoms with E-state index in [-0.39, 0.29) is 11.0 Å². The van der Waals surface area contributed by atoms with Crippen molar-refractivity contribution in [3.8, 4) is 11.3 Å². The van der Waals surface area contributed by atoms with Gasteiger partial charge in [-0.05, 0) is 24.3 Å². The summed E-state index contributed by atoms with van der Waals surface area (Å²) in [6, 6.07) is 8.62. The number of nitrogens with zero attached hydrogens (tertiary/aromatic N) is 2. The number of thiazole rings is 1. The van der Waals surface area contributed by atoms with Gasteiger partial charge in [0.15, 0.2) is 5.13 Å². The number of alkyl halides is 3. The third-order valence-electron chi connectivity index (χ3n) is 3.89. The van der Waals surface area contributed by atoms with Crippen molar-refractivity contribution in [1.82, 2.24) is 9.55 Å². The van der Waals surface area contributed by atoms with Gasteiger partial charge < -0.3 is 15.2 Å². The van der Waals surface area contributed by atoms with Gasteiger partial charge in [-0.2, -0.15) is 13.2 Å². The van der Waals surface area contributed by atoms with Crippen molar-refractivity contribution < 1.29 is 22.8 Å². The van der Waals surface area contributed by atoms with Crippen LogP contribution in [0.25, 0.3) is 11.3 Å². The molecule has 0 radical (unpaired) electrons. The molecule has 3 rings (SSSR count). The fraction of sp³-hybridized carbons (Fsp3) is 0.158. The molecule has 0 aliphatic carbocycles. The minimum atomic E-state index is -4.80. The van der Waals surface area contributed by atoms with E-state index in [1.807, 2.05) is 0 Å². The first kappa shape index (κ1) is 21.2. The van der Waals surface area contributed by atoms with Crippen LogP contribution in [0.3, 0.4) is 0 Å². The second-order valence-electron chi connectivity index (χ2n) is 6.20. The Bertz CT molecular complexity index is 1140. The number of carbonyl (C=O) groups is 2. The van der Waals surface area contributed by atoms with Gasteiger partial charge in [-0.1, -0.05) is 12.1 Å². The highest BCUT2D eigenvalue weighted by atomic mass is 32.1. The number of carbonyl (C=O) groups excluding carboxylic acids is 2. The van der Waals surface area contributed by atoms with Crippen LogP contribution >= 0.6 is 11.3 Å². The van der Waals surface area contributed by atoms with E-state index in [4.69, 9.17) is 0 Å². The molecule has 0 spiro atoms. The van der Waals surface area contributed by atoms with E-state index in [2.05, 4.69) is 15.6 Å². The number of pyridine rings is 1. The lowest BCUT2D eigenvalue weighted by atomic mass is 10.1. The van der Waals surface area contributed by atoms with Crippen LogP contribution in [0.4, 0.5) is 24.0 Å². The molecular weight excluding hydrogens is 421 g/mol. The van der Waals surface area contributed by atoms with Crippen LogP contribution in [0.1, 0.15) is 12.5 Å². The molecule has 2 aromatic heterocycles. The summed E-state index contributed by atoms with van der Waals surface area (Å²) in [5.41, 5.74) is -0.686. The van der Waals surface area contributed by atoms with E-state index in [1.54, 1.807) is 29.6 Å². The van der Waals surface area contributed by atoms with Crippen molar-refractivity contribution in [1.29, 1.82) is 0 Å². The lowest BCUT2D eigenvalue weighted by molar-refractivity contribution is -0.139.